The van der Waals surface area contributed by atoms with Gasteiger partial charge in [0.25, 0.3) is 10.0 Å². The molecule has 0 aliphatic carbocycles. The van der Waals surface area contributed by atoms with Gasteiger partial charge in [-0.25, -0.2) is 8.42 Å². The first-order valence-electron chi connectivity index (χ1n) is 5.81. The highest BCUT2D eigenvalue weighted by molar-refractivity contribution is 7.92. The number of hydrogen-bond donors (Lipinski definition) is 2. The minimum absolute atomic E-state index is 0.0489. The van der Waals surface area contributed by atoms with Gasteiger partial charge >= 0.3 is 0 Å². The highest BCUT2D eigenvalue weighted by Crippen LogP contribution is 2.22. The molecular weight excluding hydrogens is 274 g/mol. The van der Waals surface area contributed by atoms with Gasteiger partial charge in [0.1, 0.15) is 0 Å². The van der Waals surface area contributed by atoms with Crippen LogP contribution in [0.2, 0.25) is 0 Å². The zero-order valence-corrected chi connectivity index (χ0v) is 11.6. The number of hydrogen-bond acceptors (Lipinski definition) is 4. The summed E-state index contributed by atoms with van der Waals surface area (Å²) in [5.41, 5.74) is 7.67. The highest BCUT2D eigenvalue weighted by atomic mass is 32.2. The second kappa shape index (κ2) is 5.23. The van der Waals surface area contributed by atoms with Crippen LogP contribution in [0.4, 0.5) is 11.4 Å². The molecule has 0 aliphatic rings. The fourth-order valence-electron chi connectivity index (χ4n) is 1.74. The number of aryl methyl sites for hydroxylation is 1. The monoisotopic (exact) mass is 287 g/mol. The van der Waals surface area contributed by atoms with Gasteiger partial charge in [0.15, 0.2) is 0 Å². The Bertz CT molecular complexity index is 792. The quantitative estimate of drug-likeness (QED) is 0.846. The summed E-state index contributed by atoms with van der Waals surface area (Å²) >= 11 is 0. The fraction of sp³-hybridized carbons (Fsp3) is 0.0714. The number of nitrogen functional groups attached to an aromatic ring is 1. The second-order valence-electron chi connectivity index (χ2n) is 4.32. The fourth-order valence-corrected chi connectivity index (χ4v) is 2.91. The maximum absolute atomic E-state index is 12.3. The third-order valence-electron chi connectivity index (χ3n) is 2.77. The number of nitrogens with one attached hydrogen (secondary N) is 1. The van der Waals surface area contributed by atoms with Crippen LogP contribution in [0, 0.1) is 18.3 Å². The third-order valence-corrected chi connectivity index (χ3v) is 4.13. The van der Waals surface area contributed by atoms with Gasteiger partial charge in [0, 0.05) is 5.69 Å². The molecule has 5 nitrogen and oxygen atoms in total. The van der Waals surface area contributed by atoms with Crippen LogP contribution < -0.4 is 10.5 Å². The van der Waals surface area contributed by atoms with Crippen molar-refractivity contribution < 1.29 is 8.42 Å². The number of nitriles is 1. The average Bonchev–Trinajstić information content (AvgIpc) is 2.42. The van der Waals surface area contributed by atoms with E-state index in [0.29, 0.717) is 16.9 Å². The van der Waals surface area contributed by atoms with E-state index in [0.717, 1.165) is 5.56 Å². The van der Waals surface area contributed by atoms with E-state index in [4.69, 9.17) is 11.0 Å². The molecule has 0 amide bonds. The Hall–Kier alpha value is -2.52. The van der Waals surface area contributed by atoms with Crippen molar-refractivity contribution >= 4 is 21.4 Å². The van der Waals surface area contributed by atoms with Crippen LogP contribution >= 0.6 is 0 Å². The average molecular weight is 287 g/mol. The Kier molecular flexibility index (Phi) is 3.63. The standard InChI is InChI=1S/C14H13N3O2S/c1-10-7-12(16)5-6-14(10)17-20(18,19)13-4-2-3-11(8-13)9-15/h2-8,17H,16H2,1H3. The number of sulfonamides is 1. The summed E-state index contributed by atoms with van der Waals surface area (Å²) in [6.45, 7) is 1.76. The van der Waals surface area contributed by atoms with Crippen molar-refractivity contribution in [1.29, 1.82) is 5.26 Å². The lowest BCUT2D eigenvalue weighted by Gasteiger charge is -2.11. The molecule has 0 aliphatic heterocycles. The zero-order valence-electron chi connectivity index (χ0n) is 10.8. The smallest absolute Gasteiger partial charge is 0.261 e. The van der Waals surface area contributed by atoms with Crippen LogP contribution in [0.1, 0.15) is 11.1 Å². The molecule has 0 atom stereocenters. The van der Waals surface area contributed by atoms with Crippen molar-refractivity contribution in [3.05, 3.63) is 53.6 Å². The predicted molar refractivity (Wildman–Crippen MR) is 77.6 cm³/mol. The Balaban J connectivity index is 2.38. The molecule has 0 spiro atoms. The van der Waals surface area contributed by atoms with Gasteiger partial charge in [-0.2, -0.15) is 5.26 Å². The highest BCUT2D eigenvalue weighted by Gasteiger charge is 2.15. The molecule has 0 saturated carbocycles. The molecule has 0 heterocycles. The maximum Gasteiger partial charge on any atom is 0.261 e. The summed E-state index contributed by atoms with van der Waals surface area (Å²) in [6, 6.07) is 12.7. The van der Waals surface area contributed by atoms with Gasteiger partial charge < -0.3 is 5.73 Å². The molecule has 0 aromatic heterocycles. The molecule has 0 bridgehead atoms. The van der Waals surface area contributed by atoms with E-state index < -0.39 is 10.0 Å². The summed E-state index contributed by atoms with van der Waals surface area (Å²) in [6.07, 6.45) is 0. The van der Waals surface area contributed by atoms with Crippen molar-refractivity contribution in [2.24, 2.45) is 0 Å². The Labute approximate surface area is 117 Å². The molecule has 0 unspecified atom stereocenters. The molecule has 2 aromatic rings. The van der Waals surface area contributed by atoms with Crippen LogP contribution in [0.25, 0.3) is 0 Å². The summed E-state index contributed by atoms with van der Waals surface area (Å²) in [7, 11) is -3.72. The van der Waals surface area contributed by atoms with Crippen LogP contribution in [0.15, 0.2) is 47.4 Å². The van der Waals surface area contributed by atoms with E-state index in [-0.39, 0.29) is 4.90 Å². The van der Waals surface area contributed by atoms with Crippen molar-refractivity contribution in [3.8, 4) is 6.07 Å². The van der Waals surface area contributed by atoms with Gasteiger partial charge in [-0.1, -0.05) is 6.07 Å². The number of nitrogens with two attached hydrogens (primary N) is 1. The Morgan fingerprint density at radius 1 is 1.20 bits per heavy atom. The minimum atomic E-state index is -3.72. The summed E-state index contributed by atoms with van der Waals surface area (Å²) in [4.78, 5) is 0.0489. The lowest BCUT2D eigenvalue weighted by atomic mass is 10.2. The number of anilines is 2. The Morgan fingerprint density at radius 2 is 1.95 bits per heavy atom. The third kappa shape index (κ3) is 2.90. The first kappa shape index (κ1) is 13.9. The van der Waals surface area contributed by atoms with Crippen molar-refractivity contribution in [1.82, 2.24) is 0 Å². The van der Waals surface area contributed by atoms with E-state index in [1.807, 2.05) is 6.07 Å². The lowest BCUT2D eigenvalue weighted by Crippen LogP contribution is -2.14. The first-order chi connectivity index (χ1) is 9.42. The zero-order chi connectivity index (χ0) is 14.8. The van der Waals surface area contributed by atoms with E-state index >= 15 is 0 Å². The summed E-state index contributed by atoms with van der Waals surface area (Å²) < 4.78 is 27.0. The summed E-state index contributed by atoms with van der Waals surface area (Å²) in [5, 5.41) is 8.81. The van der Waals surface area contributed by atoms with Crippen LogP contribution in [-0.4, -0.2) is 8.42 Å². The molecule has 0 fully saturated rings. The summed E-state index contributed by atoms with van der Waals surface area (Å²) in [5.74, 6) is 0. The molecule has 0 saturated heterocycles. The van der Waals surface area contributed by atoms with Crippen molar-refractivity contribution in [2.45, 2.75) is 11.8 Å². The van der Waals surface area contributed by atoms with Gasteiger partial charge in [0.2, 0.25) is 0 Å². The van der Waals surface area contributed by atoms with Crippen molar-refractivity contribution in [2.75, 3.05) is 10.5 Å². The minimum Gasteiger partial charge on any atom is -0.399 e. The number of rotatable bonds is 3. The molecule has 6 heteroatoms. The molecule has 2 rings (SSSR count). The molecular formula is C14H13N3O2S. The number of nitrogens with zero attached hydrogens (tertiary/aromatic N) is 1. The molecule has 0 radical (unpaired) electrons. The normalized spacial score (nSPS) is 10.8. The van der Waals surface area contributed by atoms with E-state index in [9.17, 15) is 8.42 Å². The SMILES string of the molecule is Cc1cc(N)ccc1NS(=O)(=O)c1cccc(C#N)c1. The van der Waals surface area contributed by atoms with Gasteiger partial charge in [-0.3, -0.25) is 4.72 Å². The molecule has 3 N–H and O–H groups in total. The topological polar surface area (TPSA) is 96.0 Å². The molecule has 102 valence electrons. The van der Waals surface area contributed by atoms with Crippen molar-refractivity contribution in [3.63, 3.8) is 0 Å². The Morgan fingerprint density at radius 3 is 2.60 bits per heavy atom. The van der Waals surface area contributed by atoms with Gasteiger partial charge in [-0.15, -0.1) is 0 Å². The largest absolute Gasteiger partial charge is 0.399 e. The van der Waals surface area contributed by atoms with Gasteiger partial charge in [0.05, 0.1) is 22.2 Å². The maximum atomic E-state index is 12.3. The van der Waals surface area contributed by atoms with Crippen LogP contribution in [0.3, 0.4) is 0 Å². The van der Waals surface area contributed by atoms with E-state index in [1.165, 1.54) is 18.2 Å². The van der Waals surface area contributed by atoms with Crippen LogP contribution in [-0.2, 0) is 10.0 Å². The van der Waals surface area contributed by atoms with E-state index in [1.54, 1.807) is 31.2 Å². The lowest BCUT2D eigenvalue weighted by molar-refractivity contribution is 0.601. The van der Waals surface area contributed by atoms with Gasteiger partial charge in [-0.05, 0) is 48.9 Å². The first-order valence-corrected chi connectivity index (χ1v) is 7.30. The van der Waals surface area contributed by atoms with Crippen LogP contribution in [0.5, 0.6) is 0 Å². The number of benzene rings is 2. The predicted octanol–water partition coefficient (Wildman–Crippen LogP) is 2.25. The second-order valence-corrected chi connectivity index (χ2v) is 6.00. The van der Waals surface area contributed by atoms with E-state index in [2.05, 4.69) is 4.72 Å². The molecule has 2 aromatic carbocycles. The molecule has 20 heavy (non-hydrogen) atoms.